The van der Waals surface area contributed by atoms with E-state index < -0.39 is 0 Å². The van der Waals surface area contributed by atoms with Crippen molar-refractivity contribution in [3.05, 3.63) is 48.3 Å². The Hall–Kier alpha value is -1.92. The van der Waals surface area contributed by atoms with E-state index in [4.69, 9.17) is 5.11 Å². The molecule has 0 spiro atoms. The number of benzene rings is 1. The molecule has 0 aliphatic heterocycles. The lowest BCUT2D eigenvalue weighted by Crippen LogP contribution is -2.15. The number of aromatic nitrogens is 2. The number of carbonyl (C=O) groups is 1. The molecule has 0 fully saturated rings. The van der Waals surface area contributed by atoms with Crippen LogP contribution in [0.25, 0.3) is 0 Å². The Bertz CT molecular complexity index is 531. The Kier molecular flexibility index (Phi) is 4.88. The van der Waals surface area contributed by atoms with E-state index in [2.05, 4.69) is 15.3 Å². The number of hydrogen-bond donors (Lipinski definition) is 2. The van der Waals surface area contributed by atoms with Gasteiger partial charge in [0.2, 0.25) is 11.9 Å². The average Bonchev–Trinajstić information content (AvgIpc) is 2.47. The van der Waals surface area contributed by atoms with Crippen LogP contribution >= 0.6 is 11.8 Å². The van der Waals surface area contributed by atoms with Gasteiger partial charge in [0.1, 0.15) is 0 Å². The largest absolute Gasteiger partial charge is 0.392 e. The van der Waals surface area contributed by atoms with Gasteiger partial charge in [0.05, 0.1) is 12.4 Å². The quantitative estimate of drug-likeness (QED) is 0.812. The number of carbonyl (C=O) groups excluding carboxylic acids is 1. The molecule has 0 unspecified atom stereocenters. The summed E-state index contributed by atoms with van der Waals surface area (Å²) < 4.78 is 0. The van der Waals surface area contributed by atoms with E-state index in [0.29, 0.717) is 5.95 Å². The van der Waals surface area contributed by atoms with Crippen LogP contribution in [-0.2, 0) is 11.4 Å². The zero-order valence-electron chi connectivity index (χ0n) is 10.1. The lowest BCUT2D eigenvalue weighted by Gasteiger charge is -2.04. The molecule has 19 heavy (non-hydrogen) atoms. The molecular weight excluding hydrogens is 262 g/mol. The van der Waals surface area contributed by atoms with Gasteiger partial charge in [-0.3, -0.25) is 10.1 Å². The van der Waals surface area contributed by atoms with Gasteiger partial charge in [0.25, 0.3) is 0 Å². The van der Waals surface area contributed by atoms with E-state index in [1.165, 1.54) is 11.8 Å². The first-order valence-corrected chi connectivity index (χ1v) is 6.66. The van der Waals surface area contributed by atoms with Crippen molar-refractivity contribution in [1.29, 1.82) is 0 Å². The van der Waals surface area contributed by atoms with Crippen LogP contribution in [0.2, 0.25) is 0 Å². The van der Waals surface area contributed by atoms with Crippen molar-refractivity contribution < 1.29 is 9.90 Å². The Morgan fingerprint density at radius 1 is 1.21 bits per heavy atom. The number of aliphatic hydroxyl groups excluding tert-OH is 1. The summed E-state index contributed by atoms with van der Waals surface area (Å²) in [4.78, 5) is 20.5. The summed E-state index contributed by atoms with van der Waals surface area (Å²) in [5.41, 5.74) is 0.853. The van der Waals surface area contributed by atoms with Gasteiger partial charge in [0.15, 0.2) is 0 Å². The maximum absolute atomic E-state index is 11.7. The molecule has 6 heteroatoms. The van der Waals surface area contributed by atoms with Crippen molar-refractivity contribution in [1.82, 2.24) is 9.97 Å². The van der Waals surface area contributed by atoms with Crippen molar-refractivity contribution in [2.24, 2.45) is 0 Å². The van der Waals surface area contributed by atoms with Crippen molar-refractivity contribution in [2.75, 3.05) is 11.1 Å². The minimum Gasteiger partial charge on any atom is -0.392 e. The van der Waals surface area contributed by atoms with Crippen molar-refractivity contribution in [3.8, 4) is 0 Å². The van der Waals surface area contributed by atoms with E-state index in [9.17, 15) is 4.79 Å². The molecular formula is C13H13N3O2S. The first kappa shape index (κ1) is 13.5. The molecule has 98 valence electrons. The van der Waals surface area contributed by atoms with Crippen LogP contribution < -0.4 is 5.32 Å². The number of amides is 1. The maximum Gasteiger partial charge on any atom is 0.237 e. The molecule has 0 atom stereocenters. The minimum absolute atomic E-state index is 0.0246. The highest BCUT2D eigenvalue weighted by atomic mass is 32.2. The predicted molar refractivity (Wildman–Crippen MR) is 73.8 cm³/mol. The summed E-state index contributed by atoms with van der Waals surface area (Å²) in [5.74, 6) is 0.447. The Balaban J connectivity index is 1.83. The average molecular weight is 275 g/mol. The van der Waals surface area contributed by atoms with Crippen LogP contribution in [0.1, 0.15) is 5.56 Å². The van der Waals surface area contributed by atoms with Crippen LogP contribution in [0.15, 0.2) is 47.6 Å². The Labute approximate surface area is 115 Å². The standard InChI is InChI=1S/C13H13N3O2S/c17-8-10-2-4-11(5-3-10)19-9-12(18)16-13-14-6-1-7-15-13/h1-7,17H,8-9H2,(H,14,15,16,18). The van der Waals surface area contributed by atoms with E-state index >= 15 is 0 Å². The molecule has 0 aliphatic rings. The topological polar surface area (TPSA) is 75.1 Å². The fourth-order valence-electron chi connectivity index (χ4n) is 1.36. The predicted octanol–water partition coefficient (Wildman–Crippen LogP) is 1.70. The Morgan fingerprint density at radius 2 is 1.89 bits per heavy atom. The van der Waals surface area contributed by atoms with Gasteiger partial charge >= 0.3 is 0 Å². The normalized spacial score (nSPS) is 10.2. The first-order valence-electron chi connectivity index (χ1n) is 5.67. The van der Waals surface area contributed by atoms with E-state index in [-0.39, 0.29) is 18.3 Å². The van der Waals surface area contributed by atoms with Gasteiger partial charge < -0.3 is 5.11 Å². The van der Waals surface area contributed by atoms with Crippen LogP contribution in [0.4, 0.5) is 5.95 Å². The molecule has 1 amide bonds. The molecule has 2 N–H and O–H groups in total. The third-order valence-electron chi connectivity index (χ3n) is 2.29. The molecule has 1 heterocycles. The van der Waals surface area contributed by atoms with Gasteiger partial charge in [0, 0.05) is 17.3 Å². The van der Waals surface area contributed by atoms with E-state index in [1.54, 1.807) is 18.5 Å². The lowest BCUT2D eigenvalue weighted by molar-refractivity contribution is -0.113. The van der Waals surface area contributed by atoms with Crippen molar-refractivity contribution in [2.45, 2.75) is 11.5 Å². The second kappa shape index (κ2) is 6.86. The summed E-state index contributed by atoms with van der Waals surface area (Å²) in [6.45, 7) is 0.0246. The third-order valence-corrected chi connectivity index (χ3v) is 3.30. The van der Waals surface area contributed by atoms with Crippen LogP contribution in [0.3, 0.4) is 0 Å². The van der Waals surface area contributed by atoms with Gasteiger partial charge in [-0.2, -0.15) is 0 Å². The van der Waals surface area contributed by atoms with Gasteiger partial charge in [-0.15, -0.1) is 11.8 Å². The number of nitrogens with one attached hydrogen (secondary N) is 1. The van der Waals surface area contributed by atoms with Gasteiger partial charge in [-0.1, -0.05) is 12.1 Å². The summed E-state index contributed by atoms with van der Waals surface area (Å²) in [6, 6.07) is 9.11. The highest BCUT2D eigenvalue weighted by molar-refractivity contribution is 8.00. The lowest BCUT2D eigenvalue weighted by atomic mass is 10.2. The van der Waals surface area contributed by atoms with E-state index in [0.717, 1.165) is 10.5 Å². The highest BCUT2D eigenvalue weighted by Crippen LogP contribution is 2.18. The number of thioether (sulfide) groups is 1. The molecule has 0 radical (unpaired) electrons. The molecule has 2 rings (SSSR count). The minimum atomic E-state index is -0.151. The fourth-order valence-corrected chi connectivity index (χ4v) is 2.06. The van der Waals surface area contributed by atoms with Crippen LogP contribution in [-0.4, -0.2) is 26.7 Å². The molecule has 0 aliphatic carbocycles. The SMILES string of the molecule is O=C(CSc1ccc(CO)cc1)Nc1ncccn1. The first-order chi connectivity index (χ1) is 9.28. The van der Waals surface area contributed by atoms with Crippen LogP contribution in [0.5, 0.6) is 0 Å². The van der Waals surface area contributed by atoms with Gasteiger partial charge in [-0.25, -0.2) is 9.97 Å². The molecule has 2 aromatic rings. The number of nitrogens with zero attached hydrogens (tertiary/aromatic N) is 2. The van der Waals surface area contributed by atoms with E-state index in [1.807, 2.05) is 24.3 Å². The molecule has 1 aromatic heterocycles. The van der Waals surface area contributed by atoms with Gasteiger partial charge in [-0.05, 0) is 23.8 Å². The zero-order chi connectivity index (χ0) is 13.5. The molecule has 1 aromatic carbocycles. The monoisotopic (exact) mass is 275 g/mol. The number of aliphatic hydroxyl groups is 1. The van der Waals surface area contributed by atoms with Crippen LogP contribution in [0, 0.1) is 0 Å². The molecule has 0 saturated carbocycles. The smallest absolute Gasteiger partial charge is 0.237 e. The van der Waals surface area contributed by atoms with Crippen molar-refractivity contribution >= 4 is 23.6 Å². The number of hydrogen-bond acceptors (Lipinski definition) is 5. The Morgan fingerprint density at radius 3 is 2.53 bits per heavy atom. The number of anilines is 1. The highest BCUT2D eigenvalue weighted by Gasteiger charge is 2.04. The fraction of sp³-hybridized carbons (Fsp3) is 0.154. The molecule has 0 saturated heterocycles. The summed E-state index contributed by atoms with van der Waals surface area (Å²) in [5, 5.41) is 11.5. The molecule has 5 nitrogen and oxygen atoms in total. The summed E-state index contributed by atoms with van der Waals surface area (Å²) >= 11 is 1.42. The summed E-state index contributed by atoms with van der Waals surface area (Å²) in [6.07, 6.45) is 3.15. The number of rotatable bonds is 5. The second-order valence-corrected chi connectivity index (χ2v) is 4.76. The maximum atomic E-state index is 11.7. The van der Waals surface area contributed by atoms with Crippen molar-refractivity contribution in [3.63, 3.8) is 0 Å². The second-order valence-electron chi connectivity index (χ2n) is 3.71. The summed E-state index contributed by atoms with van der Waals surface area (Å²) in [7, 11) is 0. The third kappa shape index (κ3) is 4.35. The molecule has 0 bridgehead atoms. The zero-order valence-corrected chi connectivity index (χ0v) is 10.9.